The van der Waals surface area contributed by atoms with Crippen LogP contribution in [0, 0.1) is 0 Å². The normalized spacial score (nSPS) is 11.1. The molecule has 62 valence electrons. The lowest BCUT2D eigenvalue weighted by atomic mass is 10.2. The summed E-state index contributed by atoms with van der Waals surface area (Å²) in [6.07, 6.45) is 3.22. The number of aromatic nitrogens is 2. The number of rotatable bonds is 0. The highest BCUT2D eigenvalue weighted by Crippen LogP contribution is 2.19. The molecular formula is C10H6N2O. The van der Waals surface area contributed by atoms with Crippen molar-refractivity contribution in [2.75, 3.05) is 0 Å². The number of hydrogen-bond acceptors (Lipinski definition) is 3. The highest BCUT2D eigenvalue weighted by Gasteiger charge is 2.00. The van der Waals surface area contributed by atoms with Gasteiger partial charge in [-0.15, -0.1) is 0 Å². The van der Waals surface area contributed by atoms with Crippen molar-refractivity contribution in [2.24, 2.45) is 0 Å². The van der Waals surface area contributed by atoms with E-state index in [0.29, 0.717) is 0 Å². The maximum absolute atomic E-state index is 5.32. The molecule has 0 amide bonds. The van der Waals surface area contributed by atoms with Crippen LogP contribution in [0.3, 0.4) is 0 Å². The molecule has 2 heterocycles. The minimum Gasteiger partial charge on any atom is -0.464 e. The van der Waals surface area contributed by atoms with Crippen LogP contribution in [0.1, 0.15) is 0 Å². The summed E-state index contributed by atoms with van der Waals surface area (Å²) in [6, 6.07) is 7.73. The van der Waals surface area contributed by atoms with Crippen LogP contribution < -0.4 is 0 Å². The molecule has 2 aromatic heterocycles. The number of hydrogen-bond donors (Lipinski definition) is 0. The van der Waals surface area contributed by atoms with E-state index in [9.17, 15) is 0 Å². The summed E-state index contributed by atoms with van der Waals surface area (Å²) in [6.45, 7) is 0. The van der Waals surface area contributed by atoms with Gasteiger partial charge in [0.05, 0.1) is 17.3 Å². The van der Waals surface area contributed by atoms with Gasteiger partial charge in [-0.2, -0.15) is 0 Å². The topological polar surface area (TPSA) is 38.9 Å². The molecule has 0 aliphatic heterocycles. The largest absolute Gasteiger partial charge is 0.464 e. The SMILES string of the molecule is c1coc2cc3ncnc3cc2c1. The summed E-state index contributed by atoms with van der Waals surface area (Å²) in [5, 5.41) is 1.05. The van der Waals surface area contributed by atoms with Gasteiger partial charge < -0.3 is 4.42 Å². The first kappa shape index (κ1) is 6.60. The smallest absolute Gasteiger partial charge is 0.136 e. The van der Waals surface area contributed by atoms with Gasteiger partial charge in [0.1, 0.15) is 11.9 Å². The van der Waals surface area contributed by atoms with Crippen molar-refractivity contribution in [3.8, 4) is 0 Å². The molecule has 0 unspecified atom stereocenters. The van der Waals surface area contributed by atoms with E-state index < -0.39 is 0 Å². The van der Waals surface area contributed by atoms with Crippen molar-refractivity contribution in [2.45, 2.75) is 0 Å². The van der Waals surface area contributed by atoms with Crippen LogP contribution in [0.4, 0.5) is 0 Å². The predicted molar refractivity (Wildman–Crippen MR) is 49.3 cm³/mol. The van der Waals surface area contributed by atoms with Gasteiger partial charge in [0.25, 0.3) is 0 Å². The van der Waals surface area contributed by atoms with Gasteiger partial charge in [0.15, 0.2) is 0 Å². The molecule has 0 bridgehead atoms. The van der Waals surface area contributed by atoms with E-state index >= 15 is 0 Å². The Morgan fingerprint density at radius 1 is 1.08 bits per heavy atom. The van der Waals surface area contributed by atoms with Gasteiger partial charge in [0, 0.05) is 11.5 Å². The van der Waals surface area contributed by atoms with Gasteiger partial charge in [0.2, 0.25) is 0 Å². The second-order valence-electron chi connectivity index (χ2n) is 2.87. The summed E-state index contributed by atoms with van der Waals surface area (Å²) in [4.78, 5) is 8.21. The lowest BCUT2D eigenvalue weighted by molar-refractivity contribution is 0.604. The van der Waals surface area contributed by atoms with Crippen LogP contribution in [0.25, 0.3) is 22.0 Å². The molecule has 0 saturated carbocycles. The van der Waals surface area contributed by atoms with E-state index in [-0.39, 0.29) is 0 Å². The van der Waals surface area contributed by atoms with Gasteiger partial charge in [-0.3, -0.25) is 0 Å². The fraction of sp³-hybridized carbons (Fsp3) is 0. The minimum absolute atomic E-state index is 0.843. The van der Waals surface area contributed by atoms with Crippen LogP contribution >= 0.6 is 0 Å². The molecule has 0 aliphatic rings. The fourth-order valence-corrected chi connectivity index (χ4v) is 1.42. The zero-order chi connectivity index (χ0) is 8.67. The highest BCUT2D eigenvalue weighted by atomic mass is 16.3. The van der Waals surface area contributed by atoms with Crippen molar-refractivity contribution in [3.63, 3.8) is 0 Å². The third-order valence-corrected chi connectivity index (χ3v) is 2.05. The Hall–Kier alpha value is -1.90. The molecule has 3 aromatic rings. The molecule has 0 atom stereocenters. The molecule has 0 N–H and O–H groups in total. The Balaban J connectivity index is 2.57. The molecule has 0 fully saturated rings. The average molecular weight is 170 g/mol. The van der Waals surface area contributed by atoms with Gasteiger partial charge in [-0.25, -0.2) is 9.97 Å². The lowest BCUT2D eigenvalue weighted by Gasteiger charge is -1.94. The van der Waals surface area contributed by atoms with E-state index in [2.05, 4.69) is 9.97 Å². The molecule has 3 heteroatoms. The Bertz CT molecular complexity index is 521. The Morgan fingerprint density at radius 3 is 2.85 bits per heavy atom. The van der Waals surface area contributed by atoms with Crippen molar-refractivity contribution in [1.29, 1.82) is 0 Å². The Kier molecular flexibility index (Phi) is 1.16. The van der Waals surface area contributed by atoms with E-state index in [1.807, 2.05) is 24.3 Å². The van der Waals surface area contributed by atoms with Crippen LogP contribution in [-0.2, 0) is 0 Å². The van der Waals surface area contributed by atoms with Crippen molar-refractivity contribution < 1.29 is 4.42 Å². The number of imidazole rings is 1. The molecule has 0 aliphatic carbocycles. The van der Waals surface area contributed by atoms with Gasteiger partial charge in [-0.1, -0.05) is 0 Å². The highest BCUT2D eigenvalue weighted by molar-refractivity contribution is 5.91. The van der Waals surface area contributed by atoms with Crippen molar-refractivity contribution in [3.05, 3.63) is 36.9 Å². The minimum atomic E-state index is 0.843. The predicted octanol–water partition coefficient (Wildman–Crippen LogP) is 2.38. The third kappa shape index (κ3) is 0.902. The summed E-state index contributed by atoms with van der Waals surface area (Å²) in [5.41, 5.74) is 2.63. The first-order valence-corrected chi connectivity index (χ1v) is 4.01. The second-order valence-corrected chi connectivity index (χ2v) is 2.87. The van der Waals surface area contributed by atoms with Crippen molar-refractivity contribution >= 4 is 22.0 Å². The second kappa shape index (κ2) is 2.29. The van der Waals surface area contributed by atoms with E-state index in [1.165, 1.54) is 0 Å². The molecule has 0 spiro atoms. The molecule has 0 saturated heterocycles. The molecule has 13 heavy (non-hydrogen) atoms. The number of fused-ring (bicyclic) bond motifs is 2. The Labute approximate surface area is 74.0 Å². The maximum atomic E-state index is 5.32. The fourth-order valence-electron chi connectivity index (χ4n) is 1.42. The molecule has 3 rings (SSSR count). The van der Waals surface area contributed by atoms with Crippen molar-refractivity contribution in [1.82, 2.24) is 9.97 Å². The van der Waals surface area contributed by atoms with E-state index in [1.54, 1.807) is 12.6 Å². The van der Waals surface area contributed by atoms with Gasteiger partial charge in [-0.05, 0) is 18.2 Å². The third-order valence-electron chi connectivity index (χ3n) is 2.05. The molecular weight excluding hydrogens is 164 g/mol. The summed E-state index contributed by atoms with van der Waals surface area (Å²) in [7, 11) is 0. The molecule has 3 nitrogen and oxygen atoms in total. The average Bonchev–Trinajstić information content (AvgIpc) is 2.61. The lowest BCUT2D eigenvalue weighted by Crippen LogP contribution is -1.73. The summed E-state index contributed by atoms with van der Waals surface area (Å²) >= 11 is 0. The van der Waals surface area contributed by atoms with Crippen LogP contribution in [-0.4, -0.2) is 9.97 Å². The quantitative estimate of drug-likeness (QED) is 0.520. The first-order chi connectivity index (χ1) is 6.43. The van der Waals surface area contributed by atoms with E-state index in [4.69, 9.17) is 4.42 Å². The number of benzene rings is 1. The standard InChI is InChI=1S/C10H6N2O/c1-2-7-4-8-9(12-6-11-8)5-10(7)13-3-1/h1-6H. The zero-order valence-electron chi connectivity index (χ0n) is 6.77. The molecule has 0 radical (unpaired) electrons. The van der Waals surface area contributed by atoms with Crippen LogP contribution in [0.15, 0.2) is 41.3 Å². The van der Waals surface area contributed by atoms with E-state index in [0.717, 1.165) is 22.0 Å². The molecule has 1 aromatic carbocycles. The maximum Gasteiger partial charge on any atom is 0.136 e. The zero-order valence-corrected chi connectivity index (χ0v) is 6.77. The Morgan fingerprint density at radius 2 is 1.92 bits per heavy atom. The summed E-state index contributed by atoms with van der Waals surface area (Å²) < 4.78 is 5.32. The first-order valence-electron chi connectivity index (χ1n) is 4.01. The van der Waals surface area contributed by atoms with Gasteiger partial charge >= 0.3 is 0 Å². The van der Waals surface area contributed by atoms with Crippen LogP contribution in [0.5, 0.6) is 0 Å². The number of nitrogens with zero attached hydrogens (tertiary/aromatic N) is 2. The summed E-state index contributed by atoms with van der Waals surface area (Å²) in [5.74, 6) is 0. The van der Waals surface area contributed by atoms with Crippen LogP contribution in [0.2, 0.25) is 0 Å². The monoisotopic (exact) mass is 170 g/mol.